The molecule has 0 aliphatic carbocycles. The summed E-state index contributed by atoms with van der Waals surface area (Å²) in [7, 11) is 1.66. The van der Waals surface area contributed by atoms with Crippen molar-refractivity contribution in [1.29, 1.82) is 0 Å². The van der Waals surface area contributed by atoms with Crippen LogP contribution in [0.5, 0.6) is 5.75 Å². The van der Waals surface area contributed by atoms with E-state index in [-0.39, 0.29) is 18.3 Å². The molecule has 0 aliphatic rings. The number of rotatable bonds is 8. The van der Waals surface area contributed by atoms with Crippen molar-refractivity contribution in [2.24, 2.45) is 5.73 Å². The number of hydrogen-bond donors (Lipinski definition) is 2. The van der Waals surface area contributed by atoms with Gasteiger partial charge in [0.25, 0.3) is 0 Å². The number of carbonyl (C=O) groups excluding carboxylic acids is 1. The molecule has 4 nitrogen and oxygen atoms in total. The molecule has 108 valence electrons. The van der Waals surface area contributed by atoms with Crippen LogP contribution in [-0.4, -0.2) is 26.1 Å². The zero-order valence-corrected chi connectivity index (χ0v) is 12.2. The third kappa shape index (κ3) is 7.70. The molecule has 3 N–H and O–H groups in total. The van der Waals surface area contributed by atoms with Crippen LogP contribution >= 0.6 is 12.4 Å². The predicted molar refractivity (Wildman–Crippen MR) is 79.9 cm³/mol. The average Bonchev–Trinajstić information content (AvgIpc) is 2.41. The molecule has 1 rings (SSSR count). The molecule has 0 spiro atoms. The monoisotopic (exact) mass is 286 g/mol. The van der Waals surface area contributed by atoms with Crippen molar-refractivity contribution in [1.82, 2.24) is 5.32 Å². The molecule has 0 saturated carbocycles. The van der Waals surface area contributed by atoms with Gasteiger partial charge in [-0.3, -0.25) is 4.79 Å². The highest BCUT2D eigenvalue weighted by molar-refractivity contribution is 5.85. The van der Waals surface area contributed by atoms with Crippen LogP contribution in [0.3, 0.4) is 0 Å². The van der Waals surface area contributed by atoms with Gasteiger partial charge in [-0.25, -0.2) is 0 Å². The summed E-state index contributed by atoms with van der Waals surface area (Å²) in [5.41, 5.74) is 6.57. The number of aryl methyl sites for hydroxylation is 1. The van der Waals surface area contributed by atoms with Crippen LogP contribution in [-0.2, 0) is 11.2 Å². The molecular formula is C14H23ClN2O2. The molecule has 0 aromatic heterocycles. The third-order valence-electron chi connectivity index (χ3n) is 2.71. The lowest BCUT2D eigenvalue weighted by molar-refractivity contribution is -0.121. The molecule has 0 unspecified atom stereocenters. The first kappa shape index (κ1) is 17.7. The van der Waals surface area contributed by atoms with E-state index in [2.05, 4.69) is 11.4 Å². The van der Waals surface area contributed by atoms with Gasteiger partial charge in [0.15, 0.2) is 0 Å². The molecule has 1 aromatic carbocycles. The zero-order chi connectivity index (χ0) is 13.2. The van der Waals surface area contributed by atoms with E-state index in [0.717, 1.165) is 25.0 Å². The van der Waals surface area contributed by atoms with Crippen molar-refractivity contribution >= 4 is 18.3 Å². The first-order chi connectivity index (χ1) is 8.76. The summed E-state index contributed by atoms with van der Waals surface area (Å²) in [4.78, 5) is 11.3. The van der Waals surface area contributed by atoms with E-state index in [1.807, 2.05) is 18.2 Å². The first-order valence-electron chi connectivity index (χ1n) is 6.36. The van der Waals surface area contributed by atoms with Gasteiger partial charge in [-0.05, 0) is 43.5 Å². The highest BCUT2D eigenvalue weighted by Crippen LogP contribution is 2.13. The number of nitrogens with two attached hydrogens (primary N) is 1. The molecule has 0 bridgehead atoms. The molecular weight excluding hydrogens is 264 g/mol. The number of benzene rings is 1. The normalized spacial score (nSPS) is 9.58. The maximum atomic E-state index is 11.3. The summed E-state index contributed by atoms with van der Waals surface area (Å²) in [6, 6.07) is 8.00. The summed E-state index contributed by atoms with van der Waals surface area (Å²) in [5, 5.41) is 2.89. The molecule has 1 aromatic rings. The van der Waals surface area contributed by atoms with Gasteiger partial charge < -0.3 is 15.8 Å². The molecule has 0 fully saturated rings. The minimum absolute atomic E-state index is 0. The Morgan fingerprint density at radius 2 is 2.16 bits per heavy atom. The van der Waals surface area contributed by atoms with Gasteiger partial charge in [0.05, 0.1) is 7.11 Å². The SMILES string of the molecule is COc1cccc(CCCNC(=O)CCCN)c1.Cl. The van der Waals surface area contributed by atoms with E-state index < -0.39 is 0 Å². The van der Waals surface area contributed by atoms with E-state index in [4.69, 9.17) is 10.5 Å². The lowest BCUT2D eigenvalue weighted by atomic mass is 10.1. The summed E-state index contributed by atoms with van der Waals surface area (Å²) < 4.78 is 5.16. The molecule has 5 heteroatoms. The Hall–Kier alpha value is -1.26. The highest BCUT2D eigenvalue weighted by atomic mass is 35.5. The van der Waals surface area contributed by atoms with Crippen molar-refractivity contribution in [3.8, 4) is 5.75 Å². The van der Waals surface area contributed by atoms with E-state index in [0.29, 0.717) is 19.5 Å². The molecule has 0 heterocycles. The fourth-order valence-electron chi connectivity index (χ4n) is 1.70. The molecule has 0 radical (unpaired) electrons. The van der Waals surface area contributed by atoms with Gasteiger partial charge in [-0.2, -0.15) is 0 Å². The topological polar surface area (TPSA) is 64.3 Å². The number of hydrogen-bond acceptors (Lipinski definition) is 3. The van der Waals surface area contributed by atoms with Gasteiger partial charge in [0.1, 0.15) is 5.75 Å². The molecule has 0 saturated heterocycles. The number of amides is 1. The van der Waals surface area contributed by atoms with Crippen LogP contribution < -0.4 is 15.8 Å². The number of ether oxygens (including phenoxy) is 1. The van der Waals surface area contributed by atoms with Crippen LogP contribution in [0.25, 0.3) is 0 Å². The second-order valence-electron chi connectivity index (χ2n) is 4.20. The fourth-order valence-corrected chi connectivity index (χ4v) is 1.70. The van der Waals surface area contributed by atoms with Crippen molar-refractivity contribution in [2.75, 3.05) is 20.2 Å². The Morgan fingerprint density at radius 1 is 1.37 bits per heavy atom. The van der Waals surface area contributed by atoms with Crippen LogP contribution in [0, 0.1) is 0 Å². The summed E-state index contributed by atoms with van der Waals surface area (Å²) >= 11 is 0. The standard InChI is InChI=1S/C14H22N2O2.ClH/c1-18-13-7-2-5-12(11-13)6-4-10-16-14(17)8-3-9-15;/h2,5,7,11H,3-4,6,8-10,15H2,1H3,(H,16,17);1H. The van der Waals surface area contributed by atoms with Crippen LogP contribution in [0.1, 0.15) is 24.8 Å². The zero-order valence-electron chi connectivity index (χ0n) is 11.4. The van der Waals surface area contributed by atoms with Gasteiger partial charge in [0, 0.05) is 13.0 Å². The molecule has 19 heavy (non-hydrogen) atoms. The van der Waals surface area contributed by atoms with Crippen LogP contribution in [0.2, 0.25) is 0 Å². The Labute approximate surface area is 121 Å². The number of carbonyl (C=O) groups is 1. The minimum atomic E-state index is 0. The molecule has 0 atom stereocenters. The molecule has 0 aliphatic heterocycles. The average molecular weight is 287 g/mol. The summed E-state index contributed by atoms with van der Waals surface area (Å²) in [5.74, 6) is 0.963. The number of halogens is 1. The van der Waals surface area contributed by atoms with Crippen molar-refractivity contribution in [3.05, 3.63) is 29.8 Å². The number of nitrogens with one attached hydrogen (secondary N) is 1. The van der Waals surface area contributed by atoms with Crippen LogP contribution in [0.4, 0.5) is 0 Å². The second-order valence-corrected chi connectivity index (χ2v) is 4.20. The molecule has 1 amide bonds. The fraction of sp³-hybridized carbons (Fsp3) is 0.500. The van der Waals surface area contributed by atoms with Gasteiger partial charge in [0.2, 0.25) is 5.91 Å². The van der Waals surface area contributed by atoms with E-state index >= 15 is 0 Å². The first-order valence-corrected chi connectivity index (χ1v) is 6.36. The number of methoxy groups -OCH3 is 1. The van der Waals surface area contributed by atoms with Crippen molar-refractivity contribution < 1.29 is 9.53 Å². The van der Waals surface area contributed by atoms with Crippen LogP contribution in [0.15, 0.2) is 24.3 Å². The maximum absolute atomic E-state index is 11.3. The smallest absolute Gasteiger partial charge is 0.220 e. The Morgan fingerprint density at radius 3 is 2.84 bits per heavy atom. The Kier molecular flexibility index (Phi) is 9.94. The van der Waals surface area contributed by atoms with Gasteiger partial charge in [-0.15, -0.1) is 12.4 Å². The third-order valence-corrected chi connectivity index (χ3v) is 2.71. The summed E-state index contributed by atoms with van der Waals surface area (Å²) in [6.45, 7) is 1.28. The van der Waals surface area contributed by atoms with Gasteiger partial charge >= 0.3 is 0 Å². The minimum Gasteiger partial charge on any atom is -0.497 e. The lowest BCUT2D eigenvalue weighted by Gasteiger charge is -2.06. The van der Waals surface area contributed by atoms with E-state index in [9.17, 15) is 4.79 Å². The second kappa shape index (κ2) is 10.6. The van der Waals surface area contributed by atoms with Crippen molar-refractivity contribution in [3.63, 3.8) is 0 Å². The largest absolute Gasteiger partial charge is 0.497 e. The Balaban J connectivity index is 0.00000324. The van der Waals surface area contributed by atoms with E-state index in [1.165, 1.54) is 5.56 Å². The predicted octanol–water partition coefficient (Wildman–Crippen LogP) is 1.90. The highest BCUT2D eigenvalue weighted by Gasteiger charge is 2.00. The van der Waals surface area contributed by atoms with E-state index in [1.54, 1.807) is 7.11 Å². The quantitative estimate of drug-likeness (QED) is 0.718. The van der Waals surface area contributed by atoms with Crippen molar-refractivity contribution in [2.45, 2.75) is 25.7 Å². The maximum Gasteiger partial charge on any atom is 0.220 e. The summed E-state index contributed by atoms with van der Waals surface area (Å²) in [6.07, 6.45) is 3.15. The lowest BCUT2D eigenvalue weighted by Crippen LogP contribution is -2.25. The Bertz CT molecular complexity index is 372. The van der Waals surface area contributed by atoms with Gasteiger partial charge in [-0.1, -0.05) is 12.1 Å².